The molecule has 1 aromatic rings. The smallest absolute Gasteiger partial charge is 0.303 e. The molecule has 0 aliphatic heterocycles. The van der Waals surface area contributed by atoms with Crippen LogP contribution in [0.2, 0.25) is 0 Å². The molecule has 0 saturated heterocycles. The lowest BCUT2D eigenvalue weighted by molar-refractivity contribution is -0.137. The predicted molar refractivity (Wildman–Crippen MR) is 77.0 cm³/mol. The van der Waals surface area contributed by atoms with Crippen LogP contribution in [-0.2, 0) is 4.79 Å². The van der Waals surface area contributed by atoms with Crippen LogP contribution >= 0.6 is 11.8 Å². The molecule has 1 rings (SSSR count). The molecular weight excluding hydrogens is 278 g/mol. The van der Waals surface area contributed by atoms with E-state index in [1.54, 1.807) is 20.8 Å². The van der Waals surface area contributed by atoms with Crippen LogP contribution in [0.4, 0.5) is 0 Å². The van der Waals surface area contributed by atoms with Crippen molar-refractivity contribution in [1.29, 1.82) is 0 Å². The van der Waals surface area contributed by atoms with Crippen LogP contribution in [0, 0.1) is 19.8 Å². The van der Waals surface area contributed by atoms with Crippen molar-refractivity contribution < 1.29 is 14.7 Å². The summed E-state index contributed by atoms with van der Waals surface area (Å²) < 4.78 is 0. The third kappa shape index (κ3) is 4.48. The minimum Gasteiger partial charge on any atom is -0.481 e. The number of aliphatic carboxylic acids is 1. The van der Waals surface area contributed by atoms with Crippen molar-refractivity contribution in [3.8, 4) is 0 Å². The summed E-state index contributed by atoms with van der Waals surface area (Å²) in [4.78, 5) is 31.2. The van der Waals surface area contributed by atoms with Gasteiger partial charge in [-0.1, -0.05) is 6.92 Å². The second-order valence-corrected chi connectivity index (χ2v) is 5.45. The van der Waals surface area contributed by atoms with Gasteiger partial charge in [-0.3, -0.25) is 9.59 Å². The van der Waals surface area contributed by atoms with Crippen molar-refractivity contribution in [2.75, 3.05) is 12.8 Å². The van der Waals surface area contributed by atoms with Gasteiger partial charge in [-0.25, -0.2) is 9.97 Å². The molecule has 1 unspecified atom stereocenters. The Morgan fingerprint density at radius 1 is 1.35 bits per heavy atom. The molecule has 1 heterocycles. The number of amides is 1. The standard InChI is InChI=1S/C13H19N3O3S/c1-7(5-10(17)18)6-14-12(19)11-8(2)15-9(3)16-13(11)20-4/h7H,5-6H2,1-4H3,(H,14,19)(H,17,18). The number of thioether (sulfide) groups is 1. The Labute approximate surface area is 122 Å². The minimum atomic E-state index is -0.869. The van der Waals surface area contributed by atoms with E-state index in [1.807, 2.05) is 6.26 Å². The van der Waals surface area contributed by atoms with Crippen LogP contribution in [-0.4, -0.2) is 39.8 Å². The van der Waals surface area contributed by atoms with Crippen molar-refractivity contribution in [2.24, 2.45) is 5.92 Å². The normalized spacial score (nSPS) is 12.0. The number of aryl methyl sites for hydroxylation is 2. The fourth-order valence-electron chi connectivity index (χ4n) is 1.82. The molecule has 2 N–H and O–H groups in total. The Morgan fingerprint density at radius 2 is 2.00 bits per heavy atom. The fourth-order valence-corrected chi connectivity index (χ4v) is 2.48. The topological polar surface area (TPSA) is 92.2 Å². The quantitative estimate of drug-likeness (QED) is 0.613. The number of carbonyl (C=O) groups is 2. The van der Waals surface area contributed by atoms with E-state index in [1.165, 1.54) is 11.8 Å². The van der Waals surface area contributed by atoms with Gasteiger partial charge in [0.1, 0.15) is 10.9 Å². The monoisotopic (exact) mass is 297 g/mol. The molecule has 0 aliphatic rings. The van der Waals surface area contributed by atoms with E-state index in [4.69, 9.17) is 5.11 Å². The van der Waals surface area contributed by atoms with Gasteiger partial charge < -0.3 is 10.4 Å². The second-order valence-electron chi connectivity index (χ2n) is 4.65. The molecule has 0 spiro atoms. The third-order valence-corrected chi connectivity index (χ3v) is 3.41. The summed E-state index contributed by atoms with van der Waals surface area (Å²) in [5, 5.41) is 12.1. The average molecular weight is 297 g/mol. The van der Waals surface area contributed by atoms with E-state index in [0.717, 1.165) is 0 Å². The van der Waals surface area contributed by atoms with Crippen LogP contribution in [0.15, 0.2) is 5.03 Å². The molecule has 0 saturated carbocycles. The lowest BCUT2D eigenvalue weighted by Crippen LogP contribution is -2.30. The van der Waals surface area contributed by atoms with Gasteiger partial charge in [0.15, 0.2) is 0 Å². The Balaban J connectivity index is 2.80. The van der Waals surface area contributed by atoms with Crippen LogP contribution in [0.5, 0.6) is 0 Å². The maximum atomic E-state index is 12.2. The lowest BCUT2D eigenvalue weighted by atomic mass is 10.1. The lowest BCUT2D eigenvalue weighted by Gasteiger charge is -2.13. The first-order valence-corrected chi connectivity index (χ1v) is 7.46. The van der Waals surface area contributed by atoms with Crippen molar-refractivity contribution in [2.45, 2.75) is 32.2 Å². The maximum Gasteiger partial charge on any atom is 0.303 e. The molecule has 0 aliphatic carbocycles. The average Bonchev–Trinajstić information content (AvgIpc) is 2.34. The molecule has 1 aromatic heterocycles. The number of hydrogen-bond donors (Lipinski definition) is 2. The van der Waals surface area contributed by atoms with E-state index in [9.17, 15) is 9.59 Å². The van der Waals surface area contributed by atoms with Crippen molar-refractivity contribution >= 4 is 23.6 Å². The number of carbonyl (C=O) groups excluding carboxylic acids is 1. The van der Waals surface area contributed by atoms with Crippen LogP contribution < -0.4 is 5.32 Å². The fraction of sp³-hybridized carbons (Fsp3) is 0.538. The van der Waals surface area contributed by atoms with Gasteiger partial charge in [-0.15, -0.1) is 11.8 Å². The molecule has 110 valence electrons. The van der Waals surface area contributed by atoms with E-state index < -0.39 is 5.97 Å². The zero-order valence-electron chi connectivity index (χ0n) is 12.1. The molecule has 6 nitrogen and oxygen atoms in total. The van der Waals surface area contributed by atoms with Gasteiger partial charge >= 0.3 is 5.97 Å². The summed E-state index contributed by atoms with van der Waals surface area (Å²) in [7, 11) is 0. The molecule has 0 bridgehead atoms. The van der Waals surface area contributed by atoms with Gasteiger partial charge in [0.2, 0.25) is 0 Å². The van der Waals surface area contributed by atoms with Gasteiger partial charge in [0.05, 0.1) is 11.3 Å². The summed E-state index contributed by atoms with van der Waals surface area (Å²) >= 11 is 1.39. The summed E-state index contributed by atoms with van der Waals surface area (Å²) in [6.07, 6.45) is 1.88. The number of carboxylic acids is 1. The highest BCUT2D eigenvalue weighted by Crippen LogP contribution is 2.20. The Morgan fingerprint density at radius 3 is 2.55 bits per heavy atom. The van der Waals surface area contributed by atoms with Crippen molar-refractivity contribution in [3.05, 3.63) is 17.1 Å². The maximum absolute atomic E-state index is 12.2. The second kappa shape index (κ2) is 7.23. The summed E-state index contributed by atoms with van der Waals surface area (Å²) in [6.45, 7) is 5.64. The number of hydrogen-bond acceptors (Lipinski definition) is 5. The summed E-state index contributed by atoms with van der Waals surface area (Å²) in [5.74, 6) is -0.626. The minimum absolute atomic E-state index is 0.0268. The zero-order chi connectivity index (χ0) is 15.3. The molecule has 0 fully saturated rings. The molecule has 1 atom stereocenters. The first-order chi connectivity index (χ1) is 9.35. The highest BCUT2D eigenvalue weighted by atomic mass is 32.2. The first-order valence-electron chi connectivity index (χ1n) is 6.24. The molecule has 0 aromatic carbocycles. The molecular formula is C13H19N3O3S. The van der Waals surface area contributed by atoms with Crippen molar-refractivity contribution in [3.63, 3.8) is 0 Å². The SMILES string of the molecule is CSc1nc(C)nc(C)c1C(=O)NCC(C)CC(=O)O. The number of nitrogens with one attached hydrogen (secondary N) is 1. The van der Waals surface area contributed by atoms with E-state index in [-0.39, 0.29) is 18.2 Å². The van der Waals surface area contributed by atoms with Crippen molar-refractivity contribution in [1.82, 2.24) is 15.3 Å². The van der Waals surface area contributed by atoms with E-state index in [0.29, 0.717) is 28.7 Å². The molecule has 20 heavy (non-hydrogen) atoms. The number of carboxylic acid groups (broad SMARTS) is 1. The highest BCUT2D eigenvalue weighted by Gasteiger charge is 2.18. The Bertz CT molecular complexity index is 520. The van der Waals surface area contributed by atoms with E-state index >= 15 is 0 Å². The molecule has 1 amide bonds. The Hall–Kier alpha value is -1.63. The van der Waals surface area contributed by atoms with Crippen LogP contribution in [0.3, 0.4) is 0 Å². The Kier molecular flexibility index (Phi) is 5.94. The molecule has 0 radical (unpaired) electrons. The summed E-state index contributed by atoms with van der Waals surface area (Å²) in [6, 6.07) is 0. The predicted octanol–water partition coefficient (Wildman–Crippen LogP) is 1.66. The molecule has 7 heteroatoms. The van der Waals surface area contributed by atoms with Crippen LogP contribution in [0.25, 0.3) is 0 Å². The van der Waals surface area contributed by atoms with Gasteiger partial charge in [-0.05, 0) is 26.0 Å². The third-order valence-electron chi connectivity index (χ3n) is 2.72. The highest BCUT2D eigenvalue weighted by molar-refractivity contribution is 7.98. The summed E-state index contributed by atoms with van der Waals surface area (Å²) in [5.41, 5.74) is 1.09. The number of nitrogens with zero attached hydrogens (tertiary/aromatic N) is 2. The van der Waals surface area contributed by atoms with Gasteiger partial charge in [-0.2, -0.15) is 0 Å². The van der Waals surface area contributed by atoms with Gasteiger partial charge in [0, 0.05) is 13.0 Å². The van der Waals surface area contributed by atoms with Gasteiger partial charge in [0.25, 0.3) is 5.91 Å². The largest absolute Gasteiger partial charge is 0.481 e. The van der Waals surface area contributed by atoms with E-state index in [2.05, 4.69) is 15.3 Å². The first kappa shape index (κ1) is 16.4. The number of rotatable bonds is 6. The zero-order valence-corrected chi connectivity index (χ0v) is 12.9. The number of aromatic nitrogens is 2. The van der Waals surface area contributed by atoms with Crippen LogP contribution in [0.1, 0.15) is 35.2 Å².